The first-order valence-corrected chi connectivity index (χ1v) is 16.5. The standard InChI is InChI=1S/C27H16F4N3.C13H24O2.Ir/c1-27(2,3)18-11-16(9-15-8-13-6-4-5-7-14(13)10-17(15)18)26-21-20(19(12-32)33-34-26)22(28)24(30)25(31)23(21)29;1-5-10(6-2)12(14)9-13(15)11(7-3)8-4;/h4-8,10-11H,1-3H3;9-11,14H,5-8H2,1-4H3;/q-1;;/b;12-9-;. The fourth-order valence-electron chi connectivity index (χ4n) is 6.04. The summed E-state index contributed by atoms with van der Waals surface area (Å²) in [7, 11) is 0. The summed E-state index contributed by atoms with van der Waals surface area (Å²) in [6.07, 6.45) is 4.91. The molecular weight excluding hydrogens is 823 g/mol. The summed E-state index contributed by atoms with van der Waals surface area (Å²) in [6, 6.07) is 18.2. The molecule has 0 aliphatic heterocycles. The van der Waals surface area contributed by atoms with Crippen LogP contribution in [0.25, 0.3) is 43.6 Å². The van der Waals surface area contributed by atoms with E-state index in [1.807, 2.05) is 84.9 Å². The Kier molecular flexibility index (Phi) is 13.4. The zero-order valence-electron chi connectivity index (χ0n) is 29.1. The van der Waals surface area contributed by atoms with Gasteiger partial charge in [0, 0.05) is 49.1 Å². The normalized spacial score (nSPS) is 11.9. The van der Waals surface area contributed by atoms with Gasteiger partial charge in [0.1, 0.15) is 6.07 Å². The molecule has 1 heterocycles. The maximum absolute atomic E-state index is 15.0. The second-order valence-electron chi connectivity index (χ2n) is 13.1. The van der Waals surface area contributed by atoms with E-state index in [-0.39, 0.29) is 60.2 Å². The molecule has 0 spiro atoms. The van der Waals surface area contributed by atoms with Crippen LogP contribution in [-0.2, 0) is 30.3 Å². The molecule has 0 amide bonds. The number of aliphatic hydroxyl groups excluding tert-OH is 1. The minimum atomic E-state index is -2.01. The molecule has 4 aromatic carbocycles. The minimum absolute atomic E-state index is 0. The predicted molar refractivity (Wildman–Crippen MR) is 186 cm³/mol. The molecule has 265 valence electrons. The zero-order chi connectivity index (χ0) is 36.2. The summed E-state index contributed by atoms with van der Waals surface area (Å²) in [6.45, 7) is 14.1. The maximum atomic E-state index is 15.0. The minimum Gasteiger partial charge on any atom is -0.512 e. The van der Waals surface area contributed by atoms with Crippen molar-refractivity contribution in [2.45, 2.75) is 79.6 Å². The first-order chi connectivity index (χ1) is 23.2. The quantitative estimate of drug-likeness (QED) is 0.0319. The Hall–Kier alpha value is -4.19. The van der Waals surface area contributed by atoms with E-state index in [1.165, 1.54) is 6.08 Å². The maximum Gasteiger partial charge on any atom is 0.198 e. The van der Waals surface area contributed by atoms with E-state index in [4.69, 9.17) is 0 Å². The van der Waals surface area contributed by atoms with Crippen LogP contribution in [0.1, 0.15) is 85.4 Å². The molecule has 50 heavy (non-hydrogen) atoms. The number of benzene rings is 4. The molecule has 0 unspecified atom stereocenters. The number of hydrogen-bond acceptors (Lipinski definition) is 5. The second-order valence-corrected chi connectivity index (χ2v) is 13.1. The van der Waals surface area contributed by atoms with Gasteiger partial charge in [-0.15, -0.1) is 34.2 Å². The van der Waals surface area contributed by atoms with Gasteiger partial charge in [-0.25, -0.2) is 17.6 Å². The van der Waals surface area contributed by atoms with Gasteiger partial charge in [-0.2, -0.15) is 10.4 Å². The molecule has 0 fully saturated rings. The molecule has 1 aromatic heterocycles. The fraction of sp³-hybridized carbons (Fsp3) is 0.350. The zero-order valence-corrected chi connectivity index (χ0v) is 31.5. The number of aliphatic hydroxyl groups is 1. The number of carbonyl (C=O) groups excluding carboxylic acids is 1. The number of ketones is 1. The summed E-state index contributed by atoms with van der Waals surface area (Å²) < 4.78 is 57.9. The van der Waals surface area contributed by atoms with Crippen molar-refractivity contribution in [3.8, 4) is 17.3 Å². The average Bonchev–Trinajstić information content (AvgIpc) is 3.08. The molecule has 10 heteroatoms. The first kappa shape index (κ1) is 40.2. The van der Waals surface area contributed by atoms with Crippen LogP contribution in [0, 0.1) is 52.5 Å². The van der Waals surface area contributed by atoms with Crippen molar-refractivity contribution in [3.05, 3.63) is 94.9 Å². The Balaban J connectivity index is 0.000000361. The molecule has 1 N–H and O–H groups in total. The van der Waals surface area contributed by atoms with Crippen LogP contribution < -0.4 is 0 Å². The third-order valence-electron chi connectivity index (χ3n) is 8.98. The summed E-state index contributed by atoms with van der Waals surface area (Å²) in [4.78, 5) is 11.7. The number of rotatable bonds is 8. The van der Waals surface area contributed by atoms with Crippen molar-refractivity contribution in [3.63, 3.8) is 0 Å². The molecule has 0 saturated carbocycles. The summed E-state index contributed by atoms with van der Waals surface area (Å²) >= 11 is 0. The van der Waals surface area contributed by atoms with Gasteiger partial charge < -0.3 is 5.11 Å². The Labute approximate surface area is 303 Å². The van der Waals surface area contributed by atoms with Crippen molar-refractivity contribution >= 4 is 38.1 Å². The number of fused-ring (bicyclic) bond motifs is 3. The van der Waals surface area contributed by atoms with Gasteiger partial charge in [0.25, 0.3) is 0 Å². The Morgan fingerprint density at radius 3 is 1.92 bits per heavy atom. The van der Waals surface area contributed by atoms with Crippen LogP contribution in [0.4, 0.5) is 17.6 Å². The first-order valence-electron chi connectivity index (χ1n) is 16.5. The Morgan fingerprint density at radius 2 is 1.40 bits per heavy atom. The molecule has 0 aliphatic carbocycles. The number of aromatic nitrogens is 2. The monoisotopic (exact) mass is 863 g/mol. The summed E-state index contributed by atoms with van der Waals surface area (Å²) in [5.74, 6) is -6.77. The second kappa shape index (κ2) is 16.7. The number of nitrogens with zero attached hydrogens (tertiary/aromatic N) is 3. The molecule has 5 rings (SSSR count). The summed E-state index contributed by atoms with van der Waals surface area (Å²) in [5.41, 5.74) is -0.160. The van der Waals surface area contributed by atoms with Gasteiger partial charge in [0.05, 0.1) is 11.1 Å². The van der Waals surface area contributed by atoms with Crippen molar-refractivity contribution in [2.75, 3.05) is 0 Å². The fourth-order valence-corrected chi connectivity index (χ4v) is 6.04. The molecule has 0 atom stereocenters. The van der Waals surface area contributed by atoms with Gasteiger partial charge in [-0.05, 0) is 36.5 Å². The Morgan fingerprint density at radius 1 is 0.860 bits per heavy atom. The van der Waals surface area contributed by atoms with E-state index in [9.17, 15) is 32.7 Å². The number of halogens is 4. The molecule has 5 aromatic rings. The average molecular weight is 863 g/mol. The van der Waals surface area contributed by atoms with Crippen molar-refractivity contribution in [2.24, 2.45) is 11.8 Å². The molecule has 0 saturated heterocycles. The Bertz CT molecular complexity index is 2110. The van der Waals surface area contributed by atoms with Crippen molar-refractivity contribution < 1.29 is 47.6 Å². The van der Waals surface area contributed by atoms with Gasteiger partial charge in [-0.1, -0.05) is 95.1 Å². The molecule has 0 bridgehead atoms. The number of carbonyl (C=O) groups is 1. The van der Waals surface area contributed by atoms with Crippen LogP contribution in [0.3, 0.4) is 0 Å². The van der Waals surface area contributed by atoms with Crippen molar-refractivity contribution in [1.29, 1.82) is 5.26 Å². The SMILES string of the molecule is CC(C)(C)c1cc(-c2nnc(C#N)c3c(F)c(F)c(F)c(F)c23)[c-]c2cc3ccccc3cc12.CCC(CC)C(=O)/C=C(\O)C(CC)CC.[Ir]. The predicted octanol–water partition coefficient (Wildman–Crippen LogP) is 11.0. The number of hydrogen-bond donors (Lipinski definition) is 1. The van der Waals surface area contributed by atoms with Crippen molar-refractivity contribution in [1.82, 2.24) is 10.2 Å². The van der Waals surface area contributed by atoms with E-state index < -0.39 is 39.7 Å². The number of nitriles is 1. The van der Waals surface area contributed by atoms with Gasteiger partial charge in [0.2, 0.25) is 0 Å². The van der Waals surface area contributed by atoms with Crippen LogP contribution in [0.2, 0.25) is 0 Å². The van der Waals surface area contributed by atoms with Crippen LogP contribution >= 0.6 is 0 Å². The van der Waals surface area contributed by atoms with Crippen LogP contribution in [-0.4, -0.2) is 21.1 Å². The third kappa shape index (κ3) is 8.06. The van der Waals surface area contributed by atoms with E-state index >= 15 is 0 Å². The topological polar surface area (TPSA) is 86.9 Å². The van der Waals surface area contributed by atoms with E-state index in [0.717, 1.165) is 47.4 Å². The molecule has 1 radical (unpaired) electrons. The van der Waals surface area contributed by atoms with Gasteiger partial charge in [0.15, 0.2) is 34.7 Å². The third-order valence-corrected chi connectivity index (χ3v) is 8.98. The smallest absolute Gasteiger partial charge is 0.198 e. The van der Waals surface area contributed by atoms with E-state index in [2.05, 4.69) is 16.3 Å². The number of allylic oxidation sites excluding steroid dienone is 2. The molecule has 5 nitrogen and oxygen atoms in total. The van der Waals surface area contributed by atoms with Gasteiger partial charge >= 0.3 is 0 Å². The largest absolute Gasteiger partial charge is 0.512 e. The summed E-state index contributed by atoms with van der Waals surface area (Å²) in [5, 5.41) is 28.8. The molecule has 0 aliphatic rings. The van der Waals surface area contributed by atoms with Crippen LogP contribution in [0.5, 0.6) is 0 Å². The van der Waals surface area contributed by atoms with Gasteiger partial charge in [-0.3, -0.25) is 4.79 Å². The van der Waals surface area contributed by atoms with E-state index in [1.54, 1.807) is 12.1 Å². The molecular formula is C40H40F4IrN3O2-. The van der Waals surface area contributed by atoms with Crippen LogP contribution in [0.15, 0.2) is 54.3 Å². The van der Waals surface area contributed by atoms with E-state index in [0.29, 0.717) is 5.39 Å².